The molecule has 6 heteroatoms. The van der Waals surface area contributed by atoms with Gasteiger partial charge in [-0.05, 0) is 44.9 Å². The molecule has 402 valence electrons. The van der Waals surface area contributed by atoms with Crippen molar-refractivity contribution in [2.24, 2.45) is 0 Å². The van der Waals surface area contributed by atoms with Gasteiger partial charge < -0.3 is 14.2 Å². The highest BCUT2D eigenvalue weighted by Crippen LogP contribution is 2.18. The zero-order valence-corrected chi connectivity index (χ0v) is 46.2. The largest absolute Gasteiger partial charge is 0.462 e. The summed E-state index contributed by atoms with van der Waals surface area (Å²) in [6, 6.07) is 0. The third-order valence-corrected chi connectivity index (χ3v) is 14.0. The van der Waals surface area contributed by atoms with Gasteiger partial charge >= 0.3 is 17.9 Å². The number of esters is 3. The van der Waals surface area contributed by atoms with Crippen LogP contribution in [0, 0.1) is 0 Å². The number of carbonyl (C=O) groups excluding carboxylic acids is 3. The van der Waals surface area contributed by atoms with E-state index in [0.717, 1.165) is 64.2 Å². The zero-order chi connectivity index (χ0) is 49.3. The minimum Gasteiger partial charge on any atom is -0.462 e. The summed E-state index contributed by atoms with van der Waals surface area (Å²) in [7, 11) is 0. The molecule has 0 saturated heterocycles. The number of rotatable bonds is 57. The monoisotopic (exact) mass is 959 g/mol. The second-order valence-corrected chi connectivity index (χ2v) is 21.0. The van der Waals surface area contributed by atoms with E-state index in [9.17, 15) is 14.4 Å². The van der Waals surface area contributed by atoms with Crippen molar-refractivity contribution in [2.75, 3.05) is 13.2 Å². The SMILES string of the molecule is CCCCCCCC/C=C\CCCCCCCC(=O)OC(COC(=O)CCCCCCCCCCCCCCC)COC(=O)CCCCCCCCCCCCCCCCCCCCCCCC. The summed E-state index contributed by atoms with van der Waals surface area (Å²) < 4.78 is 16.9. The molecule has 0 saturated carbocycles. The Bertz CT molecular complexity index is 1060. The van der Waals surface area contributed by atoms with Crippen LogP contribution < -0.4 is 0 Å². The molecule has 0 radical (unpaired) electrons. The van der Waals surface area contributed by atoms with Crippen LogP contribution in [0.15, 0.2) is 12.2 Å². The Morgan fingerprint density at radius 1 is 0.279 bits per heavy atom. The van der Waals surface area contributed by atoms with Crippen molar-refractivity contribution in [3.8, 4) is 0 Å². The Morgan fingerprint density at radius 3 is 0.735 bits per heavy atom. The third kappa shape index (κ3) is 55.1. The lowest BCUT2D eigenvalue weighted by atomic mass is 10.0. The highest BCUT2D eigenvalue weighted by molar-refractivity contribution is 5.71. The van der Waals surface area contributed by atoms with Crippen LogP contribution in [0.25, 0.3) is 0 Å². The number of unbranched alkanes of at least 4 members (excludes halogenated alkanes) is 44. The van der Waals surface area contributed by atoms with Crippen LogP contribution in [0.2, 0.25) is 0 Å². The molecule has 0 N–H and O–H groups in total. The molecule has 0 aliphatic rings. The van der Waals surface area contributed by atoms with Gasteiger partial charge in [-0.2, -0.15) is 0 Å². The summed E-state index contributed by atoms with van der Waals surface area (Å²) in [5.74, 6) is -0.849. The number of hydrogen-bond acceptors (Lipinski definition) is 6. The van der Waals surface area contributed by atoms with Crippen LogP contribution in [-0.2, 0) is 28.6 Å². The van der Waals surface area contributed by atoms with E-state index >= 15 is 0 Å². The number of hydrogen-bond donors (Lipinski definition) is 0. The fourth-order valence-corrected chi connectivity index (χ4v) is 9.38. The van der Waals surface area contributed by atoms with Crippen molar-refractivity contribution in [3.05, 3.63) is 12.2 Å². The minimum atomic E-state index is -0.769. The molecular weight excluding hydrogens is 841 g/mol. The second kappa shape index (κ2) is 57.7. The van der Waals surface area contributed by atoms with Crippen molar-refractivity contribution >= 4 is 17.9 Å². The third-order valence-electron chi connectivity index (χ3n) is 14.0. The smallest absolute Gasteiger partial charge is 0.306 e. The maximum absolute atomic E-state index is 12.9. The second-order valence-electron chi connectivity index (χ2n) is 21.0. The fraction of sp³-hybridized carbons (Fsp3) is 0.919. The summed E-state index contributed by atoms with van der Waals surface area (Å²) in [6.07, 6.45) is 66.4. The van der Waals surface area contributed by atoms with Gasteiger partial charge in [-0.15, -0.1) is 0 Å². The first-order valence-corrected chi connectivity index (χ1v) is 30.7. The molecular formula is C62H118O6. The van der Waals surface area contributed by atoms with Gasteiger partial charge in [0.2, 0.25) is 0 Å². The number of carbonyl (C=O) groups is 3. The van der Waals surface area contributed by atoms with E-state index in [2.05, 4.69) is 32.9 Å². The van der Waals surface area contributed by atoms with Gasteiger partial charge in [-0.25, -0.2) is 0 Å². The normalized spacial score (nSPS) is 12.0. The standard InChI is InChI=1S/C62H118O6/c1-4-7-10-13-16-19-22-25-27-28-29-30-31-32-33-35-37-40-43-46-49-52-55-61(64)67-58-59(57-66-60(63)54-51-48-45-42-39-36-24-21-18-15-12-9-6-3)68-62(65)56-53-50-47-44-41-38-34-26-23-20-17-14-11-8-5-2/h26,34,59H,4-25,27-33,35-58H2,1-3H3/b34-26-. The Hall–Kier alpha value is -1.85. The quantitative estimate of drug-likeness (QED) is 0.0262. The maximum Gasteiger partial charge on any atom is 0.306 e. The lowest BCUT2D eigenvalue weighted by Crippen LogP contribution is -2.30. The molecule has 6 nitrogen and oxygen atoms in total. The van der Waals surface area contributed by atoms with Gasteiger partial charge in [0.05, 0.1) is 0 Å². The molecule has 0 rings (SSSR count). The molecule has 1 atom stereocenters. The van der Waals surface area contributed by atoms with Crippen LogP contribution in [0.5, 0.6) is 0 Å². The Morgan fingerprint density at radius 2 is 0.485 bits per heavy atom. The van der Waals surface area contributed by atoms with E-state index in [-0.39, 0.29) is 31.1 Å². The lowest BCUT2D eigenvalue weighted by molar-refractivity contribution is -0.167. The molecule has 0 fully saturated rings. The molecule has 0 aromatic heterocycles. The van der Waals surface area contributed by atoms with Gasteiger partial charge in [0.15, 0.2) is 6.10 Å². The van der Waals surface area contributed by atoms with Gasteiger partial charge in [0.25, 0.3) is 0 Å². The van der Waals surface area contributed by atoms with E-state index in [0.29, 0.717) is 19.3 Å². The van der Waals surface area contributed by atoms with E-state index in [4.69, 9.17) is 14.2 Å². The van der Waals surface area contributed by atoms with Gasteiger partial charge in [-0.1, -0.05) is 296 Å². The number of ether oxygens (including phenoxy) is 3. The van der Waals surface area contributed by atoms with E-state index in [1.807, 2.05) is 0 Å². The molecule has 0 aromatic rings. The summed E-state index contributed by atoms with van der Waals surface area (Å²) in [5.41, 5.74) is 0. The van der Waals surface area contributed by atoms with E-state index in [1.54, 1.807) is 0 Å². The fourth-order valence-electron chi connectivity index (χ4n) is 9.38. The molecule has 68 heavy (non-hydrogen) atoms. The lowest BCUT2D eigenvalue weighted by Gasteiger charge is -2.18. The molecule has 0 aliphatic carbocycles. The molecule has 1 unspecified atom stereocenters. The molecule has 0 spiro atoms. The predicted molar refractivity (Wildman–Crippen MR) is 293 cm³/mol. The van der Waals surface area contributed by atoms with Crippen LogP contribution in [0.4, 0.5) is 0 Å². The number of allylic oxidation sites excluding steroid dienone is 2. The molecule has 0 heterocycles. The summed E-state index contributed by atoms with van der Waals surface area (Å²) in [4.78, 5) is 38.2. The van der Waals surface area contributed by atoms with E-state index < -0.39 is 6.10 Å². The van der Waals surface area contributed by atoms with Gasteiger partial charge in [0.1, 0.15) is 13.2 Å². The highest BCUT2D eigenvalue weighted by atomic mass is 16.6. The topological polar surface area (TPSA) is 78.9 Å². The zero-order valence-electron chi connectivity index (χ0n) is 46.2. The first-order valence-electron chi connectivity index (χ1n) is 30.7. The summed E-state index contributed by atoms with van der Waals surface area (Å²) in [6.45, 7) is 6.69. The molecule has 0 amide bonds. The maximum atomic E-state index is 12.9. The van der Waals surface area contributed by atoms with Crippen molar-refractivity contribution in [1.29, 1.82) is 0 Å². The highest BCUT2D eigenvalue weighted by Gasteiger charge is 2.19. The van der Waals surface area contributed by atoms with Crippen molar-refractivity contribution in [2.45, 2.75) is 354 Å². The molecule has 0 bridgehead atoms. The van der Waals surface area contributed by atoms with Gasteiger partial charge in [0, 0.05) is 19.3 Å². The molecule has 0 aliphatic heterocycles. The van der Waals surface area contributed by atoms with Crippen LogP contribution in [0.3, 0.4) is 0 Å². The Labute approximate surface area is 424 Å². The summed E-state index contributed by atoms with van der Waals surface area (Å²) >= 11 is 0. The Kier molecular flexibility index (Phi) is 56.2. The first-order chi connectivity index (χ1) is 33.5. The average molecular weight is 960 g/mol. The van der Waals surface area contributed by atoms with Crippen LogP contribution in [-0.4, -0.2) is 37.2 Å². The summed E-state index contributed by atoms with van der Waals surface area (Å²) in [5, 5.41) is 0. The first kappa shape index (κ1) is 66.2. The van der Waals surface area contributed by atoms with Crippen molar-refractivity contribution in [3.63, 3.8) is 0 Å². The minimum absolute atomic E-state index is 0.0672. The molecule has 0 aromatic carbocycles. The van der Waals surface area contributed by atoms with Gasteiger partial charge in [-0.3, -0.25) is 14.4 Å². The predicted octanol–water partition coefficient (Wildman–Crippen LogP) is 20.5. The average Bonchev–Trinajstić information content (AvgIpc) is 3.34. The van der Waals surface area contributed by atoms with E-state index in [1.165, 1.54) is 244 Å². The van der Waals surface area contributed by atoms with Crippen LogP contribution in [0.1, 0.15) is 348 Å². The van der Waals surface area contributed by atoms with Crippen molar-refractivity contribution < 1.29 is 28.6 Å². The van der Waals surface area contributed by atoms with Crippen LogP contribution >= 0.6 is 0 Å². The Balaban J connectivity index is 4.24. The van der Waals surface area contributed by atoms with Crippen molar-refractivity contribution in [1.82, 2.24) is 0 Å².